The third-order valence-corrected chi connectivity index (χ3v) is 5.99. The lowest BCUT2D eigenvalue weighted by Crippen LogP contribution is -2.13. The van der Waals surface area contributed by atoms with E-state index in [0.717, 1.165) is 27.6 Å². The zero-order chi connectivity index (χ0) is 16.1. The molecule has 0 spiro atoms. The van der Waals surface area contributed by atoms with Crippen LogP contribution in [0.2, 0.25) is 0 Å². The quantitative estimate of drug-likeness (QED) is 0.275. The molecule has 0 N–H and O–H groups in total. The molecule has 9 heteroatoms. The van der Waals surface area contributed by atoms with Crippen molar-refractivity contribution in [2.24, 2.45) is 0 Å². The fourth-order valence-corrected chi connectivity index (χ4v) is 3.05. The zero-order valence-electron chi connectivity index (χ0n) is 11.8. The molecule has 0 amide bonds. The summed E-state index contributed by atoms with van der Waals surface area (Å²) in [4.78, 5) is 10.6. The molecule has 0 fully saturated rings. The second kappa shape index (κ2) is 8.07. The second-order valence-electron chi connectivity index (χ2n) is 4.41. The number of thioether (sulfide) groups is 1. The summed E-state index contributed by atoms with van der Waals surface area (Å²) in [6.07, 6.45) is 0. The van der Waals surface area contributed by atoms with Crippen LogP contribution < -0.4 is 0 Å². The molecule has 22 heavy (non-hydrogen) atoms. The van der Waals surface area contributed by atoms with Crippen LogP contribution in [-0.4, -0.2) is 35.6 Å². The van der Waals surface area contributed by atoms with Gasteiger partial charge in [0.2, 0.25) is 0 Å². The van der Waals surface area contributed by atoms with Crippen molar-refractivity contribution in [2.45, 2.75) is 23.5 Å². The number of rotatable bonds is 7. The standard InChI is InChI=1S/C13H14Br2N4O2S/c1-2-22-13-17-16-12(18(13)8-10(15)7-14)9-3-5-11(6-4-9)19(20)21/h3-6,10H,2,7-8H2,1H3. The number of hydrogen-bond donors (Lipinski definition) is 0. The van der Waals surface area contributed by atoms with Crippen LogP contribution in [0.4, 0.5) is 5.69 Å². The molecule has 1 heterocycles. The summed E-state index contributed by atoms with van der Waals surface area (Å²) in [6.45, 7) is 2.78. The molecule has 1 atom stereocenters. The summed E-state index contributed by atoms with van der Waals surface area (Å²) in [5.74, 6) is 1.62. The minimum absolute atomic E-state index is 0.0665. The number of nitrogens with zero attached hydrogens (tertiary/aromatic N) is 4. The molecule has 1 aromatic heterocycles. The Balaban J connectivity index is 2.38. The number of hydrogen-bond acceptors (Lipinski definition) is 5. The average Bonchev–Trinajstić information content (AvgIpc) is 2.90. The van der Waals surface area contributed by atoms with Gasteiger partial charge in [0.05, 0.1) is 4.92 Å². The molecule has 0 bridgehead atoms. The smallest absolute Gasteiger partial charge is 0.269 e. The van der Waals surface area contributed by atoms with E-state index < -0.39 is 4.92 Å². The summed E-state index contributed by atoms with van der Waals surface area (Å²) < 4.78 is 2.04. The maximum atomic E-state index is 10.7. The number of non-ortho nitro benzene ring substituents is 1. The van der Waals surface area contributed by atoms with Crippen molar-refractivity contribution in [3.63, 3.8) is 0 Å². The first kappa shape index (κ1) is 17.4. The number of nitro benzene ring substituents is 1. The minimum atomic E-state index is -0.410. The highest BCUT2D eigenvalue weighted by Crippen LogP contribution is 2.26. The molecule has 6 nitrogen and oxygen atoms in total. The molecule has 0 aliphatic heterocycles. The Kier molecular flexibility index (Phi) is 6.39. The van der Waals surface area contributed by atoms with Gasteiger partial charge in [0.15, 0.2) is 11.0 Å². The van der Waals surface area contributed by atoms with E-state index in [4.69, 9.17) is 0 Å². The molecular formula is C13H14Br2N4O2S. The fraction of sp³-hybridized carbons (Fsp3) is 0.385. The molecule has 118 valence electrons. The van der Waals surface area contributed by atoms with Crippen LogP contribution in [0.1, 0.15) is 6.92 Å². The minimum Gasteiger partial charge on any atom is -0.301 e. The largest absolute Gasteiger partial charge is 0.301 e. The molecule has 2 rings (SSSR count). The van der Waals surface area contributed by atoms with E-state index in [0.29, 0.717) is 6.54 Å². The summed E-state index contributed by atoms with van der Waals surface area (Å²) in [5, 5.41) is 20.9. The second-order valence-corrected chi connectivity index (χ2v) is 7.58. The molecular weight excluding hydrogens is 436 g/mol. The Morgan fingerprint density at radius 2 is 2.05 bits per heavy atom. The Labute approximate surface area is 149 Å². The van der Waals surface area contributed by atoms with Crippen LogP contribution in [0.3, 0.4) is 0 Å². The number of aromatic nitrogens is 3. The normalized spacial score (nSPS) is 12.3. The van der Waals surface area contributed by atoms with Crippen LogP contribution in [0.25, 0.3) is 11.4 Å². The van der Waals surface area contributed by atoms with Gasteiger partial charge in [-0.3, -0.25) is 10.1 Å². The molecule has 0 radical (unpaired) electrons. The van der Waals surface area contributed by atoms with Crippen molar-refractivity contribution < 1.29 is 4.92 Å². The van der Waals surface area contributed by atoms with Crippen LogP contribution in [0.15, 0.2) is 29.4 Å². The van der Waals surface area contributed by atoms with Crippen molar-refractivity contribution in [3.05, 3.63) is 34.4 Å². The van der Waals surface area contributed by atoms with Crippen molar-refractivity contribution in [3.8, 4) is 11.4 Å². The number of benzene rings is 1. The SMILES string of the molecule is CCSc1nnc(-c2ccc([N+](=O)[O-])cc2)n1CC(Br)CBr. The molecule has 0 aliphatic rings. The average molecular weight is 450 g/mol. The van der Waals surface area contributed by atoms with E-state index in [1.54, 1.807) is 23.9 Å². The first-order valence-corrected chi connectivity index (χ1v) is 9.60. The highest BCUT2D eigenvalue weighted by Gasteiger charge is 2.17. The van der Waals surface area contributed by atoms with Crippen molar-refractivity contribution >= 4 is 49.3 Å². The number of nitro groups is 1. The van der Waals surface area contributed by atoms with Gasteiger partial charge in [0, 0.05) is 34.4 Å². The van der Waals surface area contributed by atoms with Crippen LogP contribution in [-0.2, 0) is 6.54 Å². The highest BCUT2D eigenvalue weighted by atomic mass is 79.9. The molecule has 2 aromatic rings. The summed E-state index contributed by atoms with van der Waals surface area (Å²) in [5.41, 5.74) is 0.882. The number of alkyl halides is 2. The van der Waals surface area contributed by atoms with E-state index >= 15 is 0 Å². The van der Waals surface area contributed by atoms with Crippen molar-refractivity contribution in [2.75, 3.05) is 11.1 Å². The van der Waals surface area contributed by atoms with Crippen LogP contribution >= 0.6 is 43.6 Å². The van der Waals surface area contributed by atoms with Gasteiger partial charge in [-0.1, -0.05) is 50.5 Å². The topological polar surface area (TPSA) is 73.8 Å². The third kappa shape index (κ3) is 4.08. The van der Waals surface area contributed by atoms with Crippen molar-refractivity contribution in [1.82, 2.24) is 14.8 Å². The van der Waals surface area contributed by atoms with Gasteiger partial charge in [-0.15, -0.1) is 10.2 Å². The third-order valence-electron chi connectivity index (χ3n) is 2.87. The summed E-state index contributed by atoms with van der Waals surface area (Å²) in [7, 11) is 0. The van der Waals surface area contributed by atoms with Gasteiger partial charge in [0.1, 0.15) is 0 Å². The molecule has 0 saturated carbocycles. The van der Waals surface area contributed by atoms with E-state index in [1.165, 1.54) is 12.1 Å². The molecule has 0 saturated heterocycles. The monoisotopic (exact) mass is 448 g/mol. The predicted octanol–water partition coefficient (Wildman–Crippen LogP) is 4.12. The maximum absolute atomic E-state index is 10.7. The summed E-state index contributed by atoms with van der Waals surface area (Å²) in [6, 6.07) is 6.38. The van der Waals surface area contributed by atoms with E-state index in [-0.39, 0.29) is 10.5 Å². The van der Waals surface area contributed by atoms with Gasteiger partial charge in [0.25, 0.3) is 5.69 Å². The van der Waals surface area contributed by atoms with E-state index in [9.17, 15) is 10.1 Å². The van der Waals surface area contributed by atoms with E-state index in [1.807, 2.05) is 4.57 Å². The van der Waals surface area contributed by atoms with Crippen molar-refractivity contribution in [1.29, 1.82) is 0 Å². The lowest BCUT2D eigenvalue weighted by molar-refractivity contribution is -0.384. The van der Waals surface area contributed by atoms with Gasteiger partial charge in [-0.25, -0.2) is 0 Å². The lowest BCUT2D eigenvalue weighted by atomic mass is 10.2. The Morgan fingerprint density at radius 1 is 1.36 bits per heavy atom. The maximum Gasteiger partial charge on any atom is 0.269 e. The Bertz CT molecular complexity index is 648. The molecule has 1 unspecified atom stereocenters. The first-order valence-electron chi connectivity index (χ1n) is 6.57. The first-order chi connectivity index (χ1) is 10.6. The zero-order valence-corrected chi connectivity index (χ0v) is 15.8. The molecule has 0 aliphatic carbocycles. The predicted molar refractivity (Wildman–Crippen MR) is 95.0 cm³/mol. The Morgan fingerprint density at radius 3 is 2.59 bits per heavy atom. The fourth-order valence-electron chi connectivity index (χ4n) is 1.88. The van der Waals surface area contributed by atoms with Gasteiger partial charge in [-0.05, 0) is 17.9 Å². The number of halogens is 2. The van der Waals surface area contributed by atoms with Gasteiger partial charge in [-0.2, -0.15) is 0 Å². The highest BCUT2D eigenvalue weighted by molar-refractivity contribution is 9.12. The van der Waals surface area contributed by atoms with Crippen LogP contribution in [0.5, 0.6) is 0 Å². The lowest BCUT2D eigenvalue weighted by Gasteiger charge is -2.12. The Hall–Kier alpha value is -0.930. The summed E-state index contributed by atoms with van der Waals surface area (Å²) >= 11 is 8.67. The molecule has 1 aromatic carbocycles. The van der Waals surface area contributed by atoms with Gasteiger partial charge < -0.3 is 4.57 Å². The van der Waals surface area contributed by atoms with Crippen LogP contribution in [0, 0.1) is 10.1 Å². The van der Waals surface area contributed by atoms with E-state index in [2.05, 4.69) is 49.0 Å². The van der Waals surface area contributed by atoms with Gasteiger partial charge >= 0.3 is 0 Å².